The van der Waals surface area contributed by atoms with Gasteiger partial charge in [0.15, 0.2) is 5.96 Å². The second-order valence-electron chi connectivity index (χ2n) is 6.20. The van der Waals surface area contributed by atoms with Crippen molar-refractivity contribution in [3.8, 4) is 0 Å². The van der Waals surface area contributed by atoms with Gasteiger partial charge in [0.1, 0.15) is 0 Å². The molecule has 0 saturated heterocycles. The second-order valence-corrected chi connectivity index (χ2v) is 6.61. The maximum absolute atomic E-state index is 6.20. The quantitative estimate of drug-likeness (QED) is 0.354. The molecule has 0 fully saturated rings. The summed E-state index contributed by atoms with van der Waals surface area (Å²) in [5, 5.41) is 7.54. The molecular formula is C20H28ClIN4. The summed E-state index contributed by atoms with van der Waals surface area (Å²) in [6.45, 7) is 2.45. The van der Waals surface area contributed by atoms with Crippen LogP contribution < -0.4 is 10.6 Å². The first kappa shape index (κ1) is 22.7. The number of nitrogens with zero attached hydrogens (tertiary/aromatic N) is 2. The third kappa shape index (κ3) is 7.51. The van der Waals surface area contributed by atoms with Gasteiger partial charge in [-0.3, -0.25) is 4.99 Å². The topological polar surface area (TPSA) is 39.7 Å². The Kier molecular flexibility index (Phi) is 10.6. The molecule has 0 aliphatic heterocycles. The van der Waals surface area contributed by atoms with Crippen LogP contribution in [0.25, 0.3) is 0 Å². The Hall–Kier alpha value is -1.31. The van der Waals surface area contributed by atoms with Gasteiger partial charge in [-0.05, 0) is 43.3 Å². The number of hydrogen-bond donors (Lipinski definition) is 2. The molecule has 0 bridgehead atoms. The van der Waals surface area contributed by atoms with Gasteiger partial charge in [0, 0.05) is 31.7 Å². The lowest BCUT2D eigenvalue weighted by atomic mass is 10.1. The molecular weight excluding hydrogens is 459 g/mol. The predicted molar refractivity (Wildman–Crippen MR) is 123 cm³/mol. The molecule has 142 valence electrons. The molecule has 0 unspecified atom stereocenters. The number of nitrogens with one attached hydrogen (secondary N) is 2. The number of guanidine groups is 1. The summed E-state index contributed by atoms with van der Waals surface area (Å²) in [6.07, 6.45) is 0.859. The monoisotopic (exact) mass is 486 g/mol. The van der Waals surface area contributed by atoms with Crippen LogP contribution in [0.4, 0.5) is 0 Å². The molecule has 26 heavy (non-hydrogen) atoms. The fourth-order valence-electron chi connectivity index (χ4n) is 2.64. The Morgan fingerprint density at radius 1 is 0.962 bits per heavy atom. The van der Waals surface area contributed by atoms with Crippen LogP contribution in [0.2, 0.25) is 5.02 Å². The zero-order chi connectivity index (χ0) is 18.1. The average Bonchev–Trinajstić information content (AvgIpc) is 2.60. The van der Waals surface area contributed by atoms with E-state index >= 15 is 0 Å². The minimum absolute atomic E-state index is 0. The van der Waals surface area contributed by atoms with Crippen molar-refractivity contribution in [3.05, 3.63) is 70.2 Å². The number of hydrogen-bond acceptors (Lipinski definition) is 2. The predicted octanol–water partition coefficient (Wildman–Crippen LogP) is 3.93. The highest BCUT2D eigenvalue weighted by molar-refractivity contribution is 14.0. The van der Waals surface area contributed by atoms with Gasteiger partial charge < -0.3 is 15.5 Å². The van der Waals surface area contributed by atoms with Crippen LogP contribution in [0, 0.1) is 0 Å². The third-order valence-corrected chi connectivity index (χ3v) is 4.29. The summed E-state index contributed by atoms with van der Waals surface area (Å²) in [5.41, 5.74) is 3.75. The van der Waals surface area contributed by atoms with E-state index in [4.69, 9.17) is 11.6 Å². The summed E-state index contributed by atoms with van der Waals surface area (Å²) in [7, 11) is 5.95. The lowest BCUT2D eigenvalue weighted by Gasteiger charge is -2.16. The van der Waals surface area contributed by atoms with Gasteiger partial charge in [0.25, 0.3) is 0 Å². The van der Waals surface area contributed by atoms with Crippen LogP contribution in [0.3, 0.4) is 0 Å². The van der Waals surface area contributed by atoms with E-state index in [0.717, 1.165) is 42.6 Å². The number of rotatable bonds is 7. The number of aliphatic imine (C=N–C) groups is 1. The molecule has 2 rings (SSSR count). The molecule has 0 heterocycles. The summed E-state index contributed by atoms with van der Waals surface area (Å²) < 4.78 is 0. The van der Waals surface area contributed by atoms with E-state index in [1.165, 1.54) is 11.1 Å². The van der Waals surface area contributed by atoms with Crippen molar-refractivity contribution < 1.29 is 0 Å². The first-order valence-corrected chi connectivity index (χ1v) is 8.87. The van der Waals surface area contributed by atoms with E-state index in [1.54, 1.807) is 7.05 Å². The molecule has 4 nitrogen and oxygen atoms in total. The Morgan fingerprint density at radius 3 is 2.19 bits per heavy atom. The highest BCUT2D eigenvalue weighted by atomic mass is 127. The van der Waals surface area contributed by atoms with Crippen LogP contribution in [0.1, 0.15) is 16.7 Å². The van der Waals surface area contributed by atoms with E-state index in [0.29, 0.717) is 0 Å². The minimum Gasteiger partial charge on any atom is -0.356 e. The van der Waals surface area contributed by atoms with Gasteiger partial charge in [-0.1, -0.05) is 54.1 Å². The molecule has 2 N–H and O–H groups in total. The van der Waals surface area contributed by atoms with Crippen molar-refractivity contribution in [3.63, 3.8) is 0 Å². The molecule has 0 aliphatic carbocycles. The molecule has 0 amide bonds. The molecule has 0 radical (unpaired) electrons. The van der Waals surface area contributed by atoms with Crippen molar-refractivity contribution in [2.45, 2.75) is 19.5 Å². The van der Waals surface area contributed by atoms with Crippen molar-refractivity contribution in [2.75, 3.05) is 27.7 Å². The Labute approximate surface area is 179 Å². The van der Waals surface area contributed by atoms with Gasteiger partial charge in [-0.15, -0.1) is 24.0 Å². The van der Waals surface area contributed by atoms with E-state index < -0.39 is 0 Å². The van der Waals surface area contributed by atoms with Crippen LogP contribution in [-0.2, 0) is 19.5 Å². The lowest BCUT2D eigenvalue weighted by Crippen LogP contribution is -2.38. The summed E-state index contributed by atoms with van der Waals surface area (Å²) in [4.78, 5) is 6.47. The lowest BCUT2D eigenvalue weighted by molar-refractivity contribution is 0.400. The summed E-state index contributed by atoms with van der Waals surface area (Å²) in [5.74, 6) is 0.798. The standard InChI is InChI=1S/C20H27ClN4.HI/c1-22-20(23-13-12-16-8-6-7-11-19(16)21)24-14-17-9-4-5-10-18(17)15-25(2)3;/h4-11H,12-15H2,1-3H3,(H2,22,23,24);1H. The van der Waals surface area contributed by atoms with Crippen LogP contribution in [0.5, 0.6) is 0 Å². The zero-order valence-electron chi connectivity index (χ0n) is 15.6. The minimum atomic E-state index is 0. The fourth-order valence-corrected chi connectivity index (χ4v) is 2.87. The molecule has 0 atom stereocenters. The van der Waals surface area contributed by atoms with E-state index in [2.05, 4.69) is 65.0 Å². The maximum Gasteiger partial charge on any atom is 0.191 e. The van der Waals surface area contributed by atoms with Crippen molar-refractivity contribution in [1.29, 1.82) is 0 Å². The Balaban J connectivity index is 0.00000338. The molecule has 0 spiro atoms. The van der Waals surface area contributed by atoms with Crippen LogP contribution in [0.15, 0.2) is 53.5 Å². The molecule has 0 aromatic heterocycles. The smallest absolute Gasteiger partial charge is 0.191 e. The molecule has 0 aliphatic rings. The number of benzene rings is 2. The largest absolute Gasteiger partial charge is 0.356 e. The first-order chi connectivity index (χ1) is 12.1. The third-order valence-electron chi connectivity index (χ3n) is 3.92. The molecule has 2 aromatic rings. The van der Waals surface area contributed by atoms with E-state index in [-0.39, 0.29) is 24.0 Å². The Bertz CT molecular complexity index is 704. The van der Waals surface area contributed by atoms with Crippen molar-refractivity contribution in [2.24, 2.45) is 4.99 Å². The summed E-state index contributed by atoms with van der Waals surface area (Å²) >= 11 is 6.20. The molecule has 0 saturated carbocycles. The highest BCUT2D eigenvalue weighted by Gasteiger charge is 2.05. The van der Waals surface area contributed by atoms with E-state index in [1.807, 2.05) is 18.2 Å². The first-order valence-electron chi connectivity index (χ1n) is 8.49. The molecule has 2 aromatic carbocycles. The van der Waals surface area contributed by atoms with Crippen LogP contribution in [-0.4, -0.2) is 38.5 Å². The molecule has 6 heteroatoms. The SMILES string of the molecule is CN=C(NCCc1ccccc1Cl)NCc1ccccc1CN(C)C.I. The van der Waals surface area contributed by atoms with Crippen LogP contribution >= 0.6 is 35.6 Å². The Morgan fingerprint density at radius 2 is 1.58 bits per heavy atom. The highest BCUT2D eigenvalue weighted by Crippen LogP contribution is 2.14. The van der Waals surface area contributed by atoms with Crippen molar-refractivity contribution in [1.82, 2.24) is 15.5 Å². The summed E-state index contributed by atoms with van der Waals surface area (Å²) in [6, 6.07) is 16.4. The van der Waals surface area contributed by atoms with Gasteiger partial charge in [-0.2, -0.15) is 0 Å². The zero-order valence-corrected chi connectivity index (χ0v) is 18.7. The van der Waals surface area contributed by atoms with Gasteiger partial charge >= 0.3 is 0 Å². The second kappa shape index (κ2) is 12.1. The van der Waals surface area contributed by atoms with E-state index in [9.17, 15) is 0 Å². The fraction of sp³-hybridized carbons (Fsp3) is 0.350. The van der Waals surface area contributed by atoms with Crippen molar-refractivity contribution >= 4 is 41.5 Å². The normalized spacial score (nSPS) is 11.2. The maximum atomic E-state index is 6.20. The van der Waals surface area contributed by atoms with Gasteiger partial charge in [0.2, 0.25) is 0 Å². The van der Waals surface area contributed by atoms with Gasteiger partial charge in [-0.25, -0.2) is 0 Å². The average molecular weight is 487 g/mol. The number of halogens is 2. The van der Waals surface area contributed by atoms with Gasteiger partial charge in [0.05, 0.1) is 0 Å².